The molecule has 1 aliphatic rings. The Kier molecular flexibility index (Phi) is 7.54. The van der Waals surface area contributed by atoms with E-state index in [1.54, 1.807) is 18.2 Å². The van der Waals surface area contributed by atoms with Gasteiger partial charge < -0.3 is 5.32 Å². The second-order valence-corrected chi connectivity index (χ2v) is 9.87. The Hall–Kier alpha value is -2.07. The van der Waals surface area contributed by atoms with Gasteiger partial charge in [-0.25, -0.2) is 13.1 Å². The fourth-order valence-electron chi connectivity index (χ4n) is 3.09. The van der Waals surface area contributed by atoms with Crippen molar-refractivity contribution in [3.05, 3.63) is 52.7 Å². The molecule has 0 aliphatic heterocycles. The highest BCUT2D eigenvalue weighted by Crippen LogP contribution is 2.20. The van der Waals surface area contributed by atoms with Crippen molar-refractivity contribution < 1.29 is 13.2 Å². The first kappa shape index (κ1) is 21.6. The zero-order valence-corrected chi connectivity index (χ0v) is 18.2. The molecule has 1 saturated carbocycles. The number of rotatable bonds is 6. The number of hydrogen-bond acceptors (Lipinski definition) is 5. The van der Waals surface area contributed by atoms with Crippen LogP contribution in [0.3, 0.4) is 0 Å². The Morgan fingerprint density at radius 1 is 1.10 bits per heavy atom. The van der Waals surface area contributed by atoms with Crippen LogP contribution < -0.4 is 15.4 Å². The Balaban J connectivity index is 1.52. The SMILES string of the molecule is O=C(C=Cc1cccs1)NC(=S)Nc1ccc(S(=O)(=O)NC2CCCCC2)cc1. The van der Waals surface area contributed by atoms with E-state index in [0.717, 1.165) is 30.6 Å². The molecule has 1 amide bonds. The number of thiophene rings is 1. The van der Waals surface area contributed by atoms with Crippen LogP contribution in [0.2, 0.25) is 0 Å². The van der Waals surface area contributed by atoms with Crippen molar-refractivity contribution in [2.45, 2.75) is 43.0 Å². The number of carbonyl (C=O) groups is 1. The van der Waals surface area contributed by atoms with E-state index in [0.29, 0.717) is 5.69 Å². The van der Waals surface area contributed by atoms with Crippen LogP contribution in [0, 0.1) is 0 Å². The first-order valence-corrected chi connectivity index (χ1v) is 12.2. The summed E-state index contributed by atoms with van der Waals surface area (Å²) in [6, 6.07) is 10.1. The van der Waals surface area contributed by atoms with E-state index in [9.17, 15) is 13.2 Å². The van der Waals surface area contributed by atoms with E-state index in [-0.39, 0.29) is 22.0 Å². The number of hydrogen-bond donors (Lipinski definition) is 3. The number of sulfonamides is 1. The maximum Gasteiger partial charge on any atom is 0.250 e. The van der Waals surface area contributed by atoms with Crippen molar-refractivity contribution in [1.29, 1.82) is 0 Å². The lowest BCUT2D eigenvalue weighted by Gasteiger charge is -2.22. The van der Waals surface area contributed by atoms with Crippen molar-refractivity contribution >= 4 is 56.4 Å². The van der Waals surface area contributed by atoms with E-state index in [1.807, 2.05) is 17.5 Å². The van der Waals surface area contributed by atoms with Gasteiger partial charge in [-0.1, -0.05) is 25.3 Å². The van der Waals surface area contributed by atoms with Gasteiger partial charge in [-0.15, -0.1) is 11.3 Å². The third-order valence-electron chi connectivity index (χ3n) is 4.53. The third-order valence-corrected chi connectivity index (χ3v) is 7.11. The number of anilines is 1. The van der Waals surface area contributed by atoms with Gasteiger partial charge in [-0.05, 0) is 66.8 Å². The van der Waals surface area contributed by atoms with Gasteiger partial charge >= 0.3 is 0 Å². The molecule has 0 spiro atoms. The monoisotopic (exact) mass is 449 g/mol. The predicted octanol–water partition coefficient (Wildman–Crippen LogP) is 3.89. The molecule has 1 heterocycles. The van der Waals surface area contributed by atoms with E-state index in [2.05, 4.69) is 15.4 Å². The zero-order valence-electron chi connectivity index (χ0n) is 15.8. The molecule has 3 rings (SSSR count). The van der Waals surface area contributed by atoms with Crippen LogP contribution in [0.25, 0.3) is 6.08 Å². The third kappa shape index (κ3) is 6.74. The van der Waals surface area contributed by atoms with Gasteiger partial charge in [0, 0.05) is 22.7 Å². The van der Waals surface area contributed by atoms with Gasteiger partial charge in [0.15, 0.2) is 5.11 Å². The van der Waals surface area contributed by atoms with Crippen LogP contribution in [0.4, 0.5) is 5.69 Å². The Labute approximate surface area is 180 Å². The largest absolute Gasteiger partial charge is 0.332 e. The van der Waals surface area contributed by atoms with Crippen molar-refractivity contribution in [2.24, 2.45) is 0 Å². The second-order valence-electron chi connectivity index (χ2n) is 6.77. The Bertz CT molecular complexity index is 962. The van der Waals surface area contributed by atoms with Crippen LogP contribution >= 0.6 is 23.6 Å². The normalized spacial score (nSPS) is 15.3. The molecule has 0 atom stereocenters. The number of benzene rings is 1. The fraction of sp³-hybridized carbons (Fsp3) is 0.300. The Morgan fingerprint density at radius 3 is 2.48 bits per heavy atom. The van der Waals surface area contributed by atoms with Gasteiger partial charge in [-0.2, -0.15) is 0 Å². The maximum atomic E-state index is 12.5. The molecule has 9 heteroatoms. The molecule has 3 N–H and O–H groups in total. The summed E-state index contributed by atoms with van der Waals surface area (Å²) < 4.78 is 27.8. The van der Waals surface area contributed by atoms with E-state index < -0.39 is 10.0 Å². The minimum atomic E-state index is -3.54. The van der Waals surface area contributed by atoms with Gasteiger partial charge in [0.05, 0.1) is 4.90 Å². The van der Waals surface area contributed by atoms with Crippen LogP contribution in [0.1, 0.15) is 37.0 Å². The molecule has 6 nitrogen and oxygen atoms in total. The lowest BCUT2D eigenvalue weighted by molar-refractivity contribution is -0.115. The summed E-state index contributed by atoms with van der Waals surface area (Å²) in [5.41, 5.74) is 0.592. The number of carbonyl (C=O) groups excluding carboxylic acids is 1. The summed E-state index contributed by atoms with van der Waals surface area (Å²) in [4.78, 5) is 13.1. The smallest absolute Gasteiger partial charge is 0.250 e. The van der Waals surface area contributed by atoms with Crippen molar-refractivity contribution in [3.63, 3.8) is 0 Å². The first-order chi connectivity index (χ1) is 13.9. The zero-order chi connectivity index (χ0) is 20.7. The molecule has 0 bridgehead atoms. The minimum absolute atomic E-state index is 0.0107. The fourth-order valence-corrected chi connectivity index (χ4v) is 5.23. The highest BCUT2D eigenvalue weighted by atomic mass is 32.2. The standard InChI is InChI=1S/C20H23N3O3S3/c24-19(13-10-17-7-4-14-28-17)22-20(27)21-15-8-11-18(12-9-15)29(25,26)23-16-5-2-1-3-6-16/h4,7-14,16,23H,1-3,5-6H2,(H2,21,22,24,27). The van der Waals surface area contributed by atoms with Crippen LogP contribution in [-0.4, -0.2) is 25.5 Å². The number of nitrogens with one attached hydrogen (secondary N) is 3. The maximum absolute atomic E-state index is 12.5. The average Bonchev–Trinajstić information content (AvgIpc) is 3.21. The van der Waals surface area contributed by atoms with Crippen molar-refractivity contribution in [2.75, 3.05) is 5.32 Å². The highest BCUT2D eigenvalue weighted by Gasteiger charge is 2.21. The summed E-state index contributed by atoms with van der Waals surface area (Å²) in [6.45, 7) is 0. The molecular weight excluding hydrogens is 426 g/mol. The first-order valence-electron chi connectivity index (χ1n) is 9.38. The quantitative estimate of drug-likeness (QED) is 0.460. The topological polar surface area (TPSA) is 87.3 Å². The van der Waals surface area contributed by atoms with E-state index >= 15 is 0 Å². The lowest BCUT2D eigenvalue weighted by Crippen LogP contribution is -2.36. The molecule has 0 radical (unpaired) electrons. The van der Waals surface area contributed by atoms with Gasteiger partial charge in [0.1, 0.15) is 0 Å². The molecule has 1 aliphatic carbocycles. The summed E-state index contributed by atoms with van der Waals surface area (Å²) >= 11 is 6.67. The summed E-state index contributed by atoms with van der Waals surface area (Å²) in [5.74, 6) is -0.341. The highest BCUT2D eigenvalue weighted by molar-refractivity contribution is 7.89. The van der Waals surface area contributed by atoms with Crippen LogP contribution in [-0.2, 0) is 14.8 Å². The predicted molar refractivity (Wildman–Crippen MR) is 121 cm³/mol. The van der Waals surface area contributed by atoms with Gasteiger partial charge in [-0.3, -0.25) is 10.1 Å². The van der Waals surface area contributed by atoms with Gasteiger partial charge in [0.25, 0.3) is 0 Å². The van der Waals surface area contributed by atoms with Crippen LogP contribution in [0.5, 0.6) is 0 Å². The average molecular weight is 450 g/mol. The van der Waals surface area contributed by atoms with E-state index in [1.165, 1.54) is 36.0 Å². The van der Waals surface area contributed by atoms with Crippen LogP contribution in [0.15, 0.2) is 52.7 Å². The molecule has 0 saturated heterocycles. The molecule has 29 heavy (non-hydrogen) atoms. The molecule has 0 unspecified atom stereocenters. The number of amides is 1. The molecule has 154 valence electrons. The molecule has 1 aromatic carbocycles. The molecule has 2 aromatic rings. The summed E-state index contributed by atoms with van der Waals surface area (Å²) in [5, 5.41) is 7.51. The lowest BCUT2D eigenvalue weighted by atomic mass is 9.96. The molecule has 1 fully saturated rings. The molecular formula is C20H23N3O3S3. The van der Waals surface area contributed by atoms with Gasteiger partial charge in [0.2, 0.25) is 15.9 Å². The minimum Gasteiger partial charge on any atom is -0.332 e. The second kappa shape index (κ2) is 10.1. The van der Waals surface area contributed by atoms with E-state index in [4.69, 9.17) is 12.2 Å². The van der Waals surface area contributed by atoms with Crippen molar-refractivity contribution in [1.82, 2.24) is 10.0 Å². The Morgan fingerprint density at radius 2 is 1.83 bits per heavy atom. The molecule has 1 aromatic heterocycles. The number of thiocarbonyl (C=S) groups is 1. The summed E-state index contributed by atoms with van der Waals surface area (Å²) in [6.07, 6.45) is 8.16. The van der Waals surface area contributed by atoms with Crippen molar-refractivity contribution in [3.8, 4) is 0 Å². The summed E-state index contributed by atoms with van der Waals surface area (Å²) in [7, 11) is -3.54.